The van der Waals surface area contributed by atoms with Gasteiger partial charge >= 0.3 is 0 Å². The Morgan fingerprint density at radius 3 is 1.22 bits per heavy atom. The van der Waals surface area contributed by atoms with Crippen molar-refractivity contribution in [1.29, 1.82) is 0 Å². The first-order valence-corrected chi connectivity index (χ1v) is 7.20. The molecule has 0 bridgehead atoms. The fourth-order valence-corrected chi connectivity index (χ4v) is 1.47. The Morgan fingerprint density at radius 2 is 1.00 bits per heavy atom. The van der Waals surface area contributed by atoms with Crippen molar-refractivity contribution in [1.82, 2.24) is 0 Å². The van der Waals surface area contributed by atoms with Gasteiger partial charge in [-0.1, -0.05) is 39.5 Å². The Balaban J connectivity index is 0. The molecule has 0 aliphatic heterocycles. The van der Waals surface area contributed by atoms with Crippen LogP contribution in [0.15, 0.2) is 0 Å². The Kier molecular flexibility index (Phi) is 18.9. The van der Waals surface area contributed by atoms with Gasteiger partial charge in [0.1, 0.15) is 0 Å². The molecule has 0 amide bonds. The molecule has 0 radical (unpaired) electrons. The van der Waals surface area contributed by atoms with E-state index in [1.807, 2.05) is 0 Å². The van der Waals surface area contributed by atoms with Gasteiger partial charge in [-0.25, -0.2) is 0 Å². The Morgan fingerprint density at radius 1 is 0.667 bits per heavy atom. The second kappa shape index (κ2) is 16.8. The maximum atomic E-state index is 9.02. The summed E-state index contributed by atoms with van der Waals surface area (Å²) in [6.45, 7) is 4.38. The van der Waals surface area contributed by atoms with Gasteiger partial charge in [-0.05, 0) is 25.7 Å². The second-order valence-corrected chi connectivity index (χ2v) is 4.62. The molecule has 0 aromatic heterocycles. The van der Waals surface area contributed by atoms with Crippen molar-refractivity contribution < 1.29 is 20.4 Å². The lowest BCUT2D eigenvalue weighted by Crippen LogP contribution is -2.07. The molecule has 0 saturated carbocycles. The molecule has 0 spiro atoms. The van der Waals surface area contributed by atoms with Crippen molar-refractivity contribution in [3.63, 3.8) is 0 Å². The molecule has 4 nitrogen and oxygen atoms in total. The quantitative estimate of drug-likeness (QED) is 0.485. The highest BCUT2D eigenvalue weighted by atomic mass is 16.3. The van der Waals surface area contributed by atoms with Crippen molar-refractivity contribution in [2.24, 2.45) is 0 Å². The summed E-state index contributed by atoms with van der Waals surface area (Å²) in [6.07, 6.45) is 6.49. The highest BCUT2D eigenvalue weighted by Gasteiger charge is 2.00. The van der Waals surface area contributed by atoms with Crippen LogP contribution in [0, 0.1) is 0 Å². The highest BCUT2D eigenvalue weighted by molar-refractivity contribution is 4.53. The van der Waals surface area contributed by atoms with Crippen LogP contribution in [0.1, 0.15) is 65.2 Å². The number of rotatable bonds is 10. The number of hydrogen-bond acceptors (Lipinski definition) is 4. The van der Waals surface area contributed by atoms with Crippen LogP contribution >= 0.6 is 0 Å². The van der Waals surface area contributed by atoms with Crippen LogP contribution in [-0.4, -0.2) is 45.8 Å². The molecule has 4 N–H and O–H groups in total. The van der Waals surface area contributed by atoms with Gasteiger partial charge in [0.05, 0.1) is 12.2 Å². The summed E-state index contributed by atoms with van der Waals surface area (Å²) in [4.78, 5) is 0. The third kappa shape index (κ3) is 18.2. The topological polar surface area (TPSA) is 80.9 Å². The Labute approximate surface area is 112 Å². The van der Waals surface area contributed by atoms with E-state index in [0.717, 1.165) is 38.5 Å². The lowest BCUT2D eigenvalue weighted by molar-refractivity contribution is 0.122. The van der Waals surface area contributed by atoms with E-state index in [1.54, 1.807) is 0 Å². The minimum atomic E-state index is -0.282. The fourth-order valence-electron chi connectivity index (χ4n) is 1.47. The number of hydrogen-bond donors (Lipinski definition) is 4. The van der Waals surface area contributed by atoms with E-state index in [2.05, 4.69) is 13.8 Å². The smallest absolute Gasteiger partial charge is 0.0562 e. The second-order valence-electron chi connectivity index (χ2n) is 4.62. The van der Waals surface area contributed by atoms with Gasteiger partial charge in [-0.2, -0.15) is 0 Å². The molecular weight excluding hydrogens is 232 g/mol. The number of aliphatic hydroxyl groups is 4. The van der Waals surface area contributed by atoms with Crippen molar-refractivity contribution in [2.45, 2.75) is 77.4 Å². The molecule has 0 fully saturated rings. The van der Waals surface area contributed by atoms with Crippen molar-refractivity contribution in [3.8, 4) is 0 Å². The maximum Gasteiger partial charge on any atom is 0.0562 e. The number of unbranched alkanes of at least 4 members (excludes halogenated alkanes) is 2. The first kappa shape index (κ1) is 20.2. The SMILES string of the molecule is CCCCC(O)CCO.CCCCC(O)CCO. The summed E-state index contributed by atoms with van der Waals surface area (Å²) in [5.74, 6) is 0. The third-order valence-electron chi connectivity index (χ3n) is 2.71. The van der Waals surface area contributed by atoms with Gasteiger partial charge < -0.3 is 20.4 Å². The molecule has 0 aromatic carbocycles. The van der Waals surface area contributed by atoms with Crippen LogP contribution < -0.4 is 0 Å². The zero-order valence-corrected chi connectivity index (χ0v) is 12.0. The largest absolute Gasteiger partial charge is 0.396 e. The molecular formula is C14H32O4. The maximum absolute atomic E-state index is 9.02. The first-order chi connectivity index (χ1) is 8.62. The third-order valence-corrected chi connectivity index (χ3v) is 2.71. The summed E-state index contributed by atoms with van der Waals surface area (Å²) >= 11 is 0. The summed E-state index contributed by atoms with van der Waals surface area (Å²) in [6, 6.07) is 0. The van der Waals surface area contributed by atoms with Crippen LogP contribution in [-0.2, 0) is 0 Å². The fraction of sp³-hybridized carbons (Fsp3) is 1.00. The zero-order valence-electron chi connectivity index (χ0n) is 12.0. The summed E-state index contributed by atoms with van der Waals surface area (Å²) < 4.78 is 0. The van der Waals surface area contributed by atoms with E-state index >= 15 is 0 Å². The average Bonchev–Trinajstić information content (AvgIpc) is 2.35. The van der Waals surface area contributed by atoms with E-state index in [0.29, 0.717) is 12.8 Å². The van der Waals surface area contributed by atoms with E-state index in [1.165, 1.54) is 0 Å². The Hall–Kier alpha value is -0.160. The number of aliphatic hydroxyl groups excluding tert-OH is 4. The molecule has 2 atom stereocenters. The molecule has 0 saturated heterocycles. The van der Waals surface area contributed by atoms with Gasteiger partial charge in [0.15, 0.2) is 0 Å². The van der Waals surface area contributed by atoms with Gasteiger partial charge in [0.2, 0.25) is 0 Å². The van der Waals surface area contributed by atoms with Gasteiger partial charge in [0.25, 0.3) is 0 Å². The van der Waals surface area contributed by atoms with E-state index in [9.17, 15) is 0 Å². The molecule has 0 aromatic rings. The lowest BCUT2D eigenvalue weighted by Gasteiger charge is -2.05. The van der Waals surface area contributed by atoms with Crippen LogP contribution in [0.4, 0.5) is 0 Å². The van der Waals surface area contributed by atoms with Crippen molar-refractivity contribution in [3.05, 3.63) is 0 Å². The Bertz CT molecular complexity index is 126. The van der Waals surface area contributed by atoms with Crippen molar-refractivity contribution >= 4 is 0 Å². The predicted molar refractivity (Wildman–Crippen MR) is 74.5 cm³/mol. The van der Waals surface area contributed by atoms with Gasteiger partial charge in [-0.15, -0.1) is 0 Å². The monoisotopic (exact) mass is 264 g/mol. The van der Waals surface area contributed by atoms with E-state index in [4.69, 9.17) is 20.4 Å². The first-order valence-electron chi connectivity index (χ1n) is 7.20. The summed E-state index contributed by atoms with van der Waals surface area (Å²) in [5.41, 5.74) is 0. The minimum absolute atomic E-state index is 0.102. The van der Waals surface area contributed by atoms with Crippen LogP contribution in [0.25, 0.3) is 0 Å². The highest BCUT2D eigenvalue weighted by Crippen LogP contribution is 2.03. The molecule has 18 heavy (non-hydrogen) atoms. The normalized spacial score (nSPS) is 13.7. The standard InChI is InChI=1S/2C7H16O2/c2*1-2-3-4-7(9)5-6-8/h2*7-9H,2-6H2,1H3. The molecule has 0 aliphatic carbocycles. The minimum Gasteiger partial charge on any atom is -0.396 e. The molecule has 0 rings (SSSR count). The average molecular weight is 264 g/mol. The van der Waals surface area contributed by atoms with Crippen LogP contribution in [0.5, 0.6) is 0 Å². The van der Waals surface area contributed by atoms with E-state index in [-0.39, 0.29) is 25.4 Å². The lowest BCUT2D eigenvalue weighted by atomic mass is 10.1. The van der Waals surface area contributed by atoms with Crippen LogP contribution in [0.2, 0.25) is 0 Å². The summed E-state index contributed by atoms with van der Waals surface area (Å²) in [7, 11) is 0. The van der Waals surface area contributed by atoms with Crippen LogP contribution in [0.3, 0.4) is 0 Å². The molecule has 0 heterocycles. The molecule has 2 unspecified atom stereocenters. The molecule has 112 valence electrons. The predicted octanol–water partition coefficient (Wildman–Crippen LogP) is 1.84. The summed E-state index contributed by atoms with van der Waals surface area (Å²) in [5, 5.41) is 34.8. The van der Waals surface area contributed by atoms with Gasteiger partial charge in [0, 0.05) is 13.2 Å². The van der Waals surface area contributed by atoms with E-state index < -0.39 is 0 Å². The van der Waals surface area contributed by atoms with Gasteiger partial charge in [-0.3, -0.25) is 0 Å². The molecule has 0 aliphatic rings. The molecule has 4 heteroatoms. The zero-order chi connectivity index (χ0) is 14.2. The van der Waals surface area contributed by atoms with Crippen molar-refractivity contribution in [2.75, 3.05) is 13.2 Å².